The van der Waals surface area contributed by atoms with Crippen LogP contribution in [0, 0.1) is 12.3 Å². The second-order valence-electron chi connectivity index (χ2n) is 4.74. The van der Waals surface area contributed by atoms with Gasteiger partial charge in [0.15, 0.2) is 4.80 Å². The summed E-state index contributed by atoms with van der Waals surface area (Å²) in [4.78, 5) is 29.2. The monoisotopic (exact) mass is 356 g/mol. The minimum absolute atomic E-state index is 0.286. The molecule has 0 saturated carbocycles. The Labute approximate surface area is 145 Å². The SMILES string of the molecule is C#CCn1c(=NC(=O)c2cccs2)sc2cc(C(=O)OC)ccc21. The van der Waals surface area contributed by atoms with Gasteiger partial charge in [0, 0.05) is 0 Å². The zero-order chi connectivity index (χ0) is 17.1. The van der Waals surface area contributed by atoms with E-state index in [2.05, 4.69) is 10.9 Å². The van der Waals surface area contributed by atoms with E-state index >= 15 is 0 Å². The molecule has 0 atom stereocenters. The summed E-state index contributed by atoms with van der Waals surface area (Å²) in [5.41, 5.74) is 1.26. The van der Waals surface area contributed by atoms with Gasteiger partial charge in [0.2, 0.25) is 0 Å². The molecule has 0 bridgehead atoms. The average molecular weight is 356 g/mol. The molecule has 3 aromatic rings. The van der Waals surface area contributed by atoms with Crippen LogP contribution in [-0.4, -0.2) is 23.6 Å². The lowest BCUT2D eigenvalue weighted by Crippen LogP contribution is -2.16. The number of thiophene rings is 1. The average Bonchev–Trinajstić information content (AvgIpc) is 3.23. The summed E-state index contributed by atoms with van der Waals surface area (Å²) in [7, 11) is 1.33. The topological polar surface area (TPSA) is 60.7 Å². The van der Waals surface area contributed by atoms with Crippen LogP contribution < -0.4 is 4.80 Å². The summed E-state index contributed by atoms with van der Waals surface area (Å²) < 4.78 is 7.33. The van der Waals surface area contributed by atoms with Gasteiger partial charge < -0.3 is 9.30 Å². The molecule has 7 heteroatoms. The van der Waals surface area contributed by atoms with Gasteiger partial charge in [-0.3, -0.25) is 4.79 Å². The maximum atomic E-state index is 12.2. The van der Waals surface area contributed by atoms with E-state index in [1.807, 2.05) is 5.38 Å². The van der Waals surface area contributed by atoms with E-state index in [0.29, 0.717) is 15.2 Å². The highest BCUT2D eigenvalue weighted by Gasteiger charge is 2.12. The minimum atomic E-state index is -0.415. The Hall–Kier alpha value is -2.69. The third kappa shape index (κ3) is 3.02. The molecule has 1 amide bonds. The lowest BCUT2D eigenvalue weighted by Gasteiger charge is -2.01. The summed E-state index contributed by atoms with van der Waals surface area (Å²) in [6.45, 7) is 0.286. The van der Waals surface area contributed by atoms with Crippen molar-refractivity contribution in [3.8, 4) is 12.3 Å². The number of hydrogen-bond donors (Lipinski definition) is 0. The molecule has 5 nitrogen and oxygen atoms in total. The van der Waals surface area contributed by atoms with E-state index in [4.69, 9.17) is 11.2 Å². The number of thiazole rings is 1. The molecule has 2 aromatic heterocycles. The Kier molecular flexibility index (Phi) is 4.60. The predicted molar refractivity (Wildman–Crippen MR) is 94.2 cm³/mol. The lowest BCUT2D eigenvalue weighted by molar-refractivity contribution is 0.0601. The number of ether oxygens (including phenoxy) is 1. The Bertz CT molecular complexity index is 1020. The Morgan fingerprint density at radius 3 is 2.88 bits per heavy atom. The highest BCUT2D eigenvalue weighted by Crippen LogP contribution is 2.20. The van der Waals surface area contributed by atoms with Crippen LogP contribution in [0.25, 0.3) is 10.2 Å². The molecule has 3 rings (SSSR count). The van der Waals surface area contributed by atoms with Gasteiger partial charge in [0.1, 0.15) is 0 Å². The van der Waals surface area contributed by atoms with E-state index in [1.54, 1.807) is 34.9 Å². The van der Waals surface area contributed by atoms with Gasteiger partial charge in [0.25, 0.3) is 5.91 Å². The van der Waals surface area contributed by atoms with E-state index in [0.717, 1.165) is 10.2 Å². The molecule has 0 aliphatic heterocycles. The summed E-state index contributed by atoms with van der Waals surface area (Å²) >= 11 is 2.64. The van der Waals surface area contributed by atoms with Gasteiger partial charge in [-0.25, -0.2) is 4.79 Å². The first-order valence-corrected chi connectivity index (χ1v) is 8.61. The van der Waals surface area contributed by atoms with Crippen molar-refractivity contribution in [2.75, 3.05) is 7.11 Å². The van der Waals surface area contributed by atoms with Crippen LogP contribution in [0.5, 0.6) is 0 Å². The molecule has 0 aliphatic carbocycles. The van der Waals surface area contributed by atoms with Gasteiger partial charge in [0.05, 0.1) is 34.3 Å². The zero-order valence-corrected chi connectivity index (χ0v) is 14.3. The van der Waals surface area contributed by atoms with Crippen LogP contribution in [0.15, 0.2) is 40.7 Å². The normalized spacial score (nSPS) is 11.4. The fourth-order valence-electron chi connectivity index (χ4n) is 2.19. The van der Waals surface area contributed by atoms with Crippen molar-refractivity contribution in [1.29, 1.82) is 0 Å². The lowest BCUT2D eigenvalue weighted by atomic mass is 10.2. The van der Waals surface area contributed by atoms with Crippen molar-refractivity contribution in [3.63, 3.8) is 0 Å². The molecule has 0 spiro atoms. The van der Waals surface area contributed by atoms with Crippen LogP contribution in [0.4, 0.5) is 0 Å². The Morgan fingerprint density at radius 1 is 1.38 bits per heavy atom. The number of hydrogen-bond acceptors (Lipinski definition) is 5. The number of nitrogens with zero attached hydrogens (tertiary/aromatic N) is 2. The Morgan fingerprint density at radius 2 is 2.21 bits per heavy atom. The van der Waals surface area contributed by atoms with Crippen LogP contribution in [0.2, 0.25) is 0 Å². The quantitative estimate of drug-likeness (QED) is 0.535. The maximum Gasteiger partial charge on any atom is 0.337 e. The largest absolute Gasteiger partial charge is 0.465 e. The molecule has 1 aromatic carbocycles. The number of aromatic nitrogens is 1. The number of carbonyl (C=O) groups is 2. The highest BCUT2D eigenvalue weighted by atomic mass is 32.1. The van der Waals surface area contributed by atoms with E-state index in [-0.39, 0.29) is 12.5 Å². The molecule has 120 valence electrons. The van der Waals surface area contributed by atoms with Gasteiger partial charge in [-0.05, 0) is 29.6 Å². The predicted octanol–water partition coefficient (Wildman–Crippen LogP) is 2.93. The molecule has 0 aliphatic rings. The van der Waals surface area contributed by atoms with Crippen LogP contribution in [0.1, 0.15) is 20.0 Å². The number of benzene rings is 1. The van der Waals surface area contributed by atoms with Crippen LogP contribution in [0.3, 0.4) is 0 Å². The first kappa shape index (κ1) is 16.2. The highest BCUT2D eigenvalue weighted by molar-refractivity contribution is 7.16. The third-order valence-electron chi connectivity index (χ3n) is 3.28. The number of rotatable bonds is 3. The van der Waals surface area contributed by atoms with Gasteiger partial charge in [-0.15, -0.1) is 17.8 Å². The van der Waals surface area contributed by atoms with Gasteiger partial charge >= 0.3 is 5.97 Å². The molecule has 0 N–H and O–H groups in total. The zero-order valence-electron chi connectivity index (χ0n) is 12.7. The number of carbonyl (C=O) groups excluding carboxylic acids is 2. The summed E-state index contributed by atoms with van der Waals surface area (Å²) in [6, 6.07) is 8.69. The first-order chi connectivity index (χ1) is 11.6. The van der Waals surface area contributed by atoms with E-state index in [1.165, 1.54) is 29.8 Å². The second-order valence-corrected chi connectivity index (χ2v) is 6.70. The van der Waals surface area contributed by atoms with E-state index < -0.39 is 5.97 Å². The van der Waals surface area contributed by atoms with Crippen molar-refractivity contribution in [1.82, 2.24) is 4.57 Å². The Balaban J connectivity index is 2.16. The third-order valence-corrected chi connectivity index (χ3v) is 5.18. The minimum Gasteiger partial charge on any atom is -0.465 e. The van der Waals surface area contributed by atoms with Crippen LogP contribution in [-0.2, 0) is 11.3 Å². The van der Waals surface area contributed by atoms with Crippen molar-refractivity contribution < 1.29 is 14.3 Å². The summed E-state index contributed by atoms with van der Waals surface area (Å²) in [5, 5.41) is 1.83. The molecular formula is C17H12N2O3S2. The fourth-order valence-corrected chi connectivity index (χ4v) is 3.86. The van der Waals surface area contributed by atoms with Crippen molar-refractivity contribution >= 4 is 44.8 Å². The van der Waals surface area contributed by atoms with Gasteiger partial charge in [-0.1, -0.05) is 23.3 Å². The van der Waals surface area contributed by atoms with Crippen molar-refractivity contribution in [3.05, 3.63) is 51.0 Å². The number of terminal acetylenes is 1. The smallest absolute Gasteiger partial charge is 0.337 e. The maximum absolute atomic E-state index is 12.2. The van der Waals surface area contributed by atoms with Crippen molar-refractivity contribution in [2.45, 2.75) is 6.54 Å². The molecule has 0 fully saturated rings. The number of esters is 1. The molecule has 0 saturated heterocycles. The number of fused-ring (bicyclic) bond motifs is 1. The first-order valence-electron chi connectivity index (χ1n) is 6.91. The molecular weight excluding hydrogens is 344 g/mol. The molecule has 2 heterocycles. The number of methoxy groups -OCH3 is 1. The molecule has 0 radical (unpaired) electrons. The van der Waals surface area contributed by atoms with Gasteiger partial charge in [-0.2, -0.15) is 4.99 Å². The molecule has 0 unspecified atom stereocenters. The second kappa shape index (κ2) is 6.83. The van der Waals surface area contributed by atoms with E-state index in [9.17, 15) is 9.59 Å². The summed E-state index contributed by atoms with van der Waals surface area (Å²) in [6.07, 6.45) is 5.44. The van der Waals surface area contributed by atoms with Crippen molar-refractivity contribution in [2.24, 2.45) is 4.99 Å². The molecule has 24 heavy (non-hydrogen) atoms. The van der Waals surface area contributed by atoms with Crippen LogP contribution >= 0.6 is 22.7 Å². The standard InChI is InChI=1S/C17H12N2O3S2/c1-3-8-19-12-7-6-11(16(21)22-2)10-14(12)24-17(19)18-15(20)13-5-4-9-23-13/h1,4-7,9-10H,8H2,2H3. The number of amides is 1. The fraction of sp³-hybridized carbons (Fsp3) is 0.118. The summed E-state index contributed by atoms with van der Waals surface area (Å²) in [5.74, 6) is 1.84.